The predicted octanol–water partition coefficient (Wildman–Crippen LogP) is 4.18. The van der Waals surface area contributed by atoms with Crippen LogP contribution in [0, 0.1) is 13.8 Å². The molecule has 4 rings (SSSR count). The van der Waals surface area contributed by atoms with Crippen LogP contribution in [0.25, 0.3) is 5.57 Å². The van der Waals surface area contributed by atoms with Crippen LogP contribution in [-0.4, -0.2) is 59.3 Å². The predicted molar refractivity (Wildman–Crippen MR) is 132 cm³/mol. The Morgan fingerprint density at radius 3 is 2.30 bits per heavy atom. The van der Waals surface area contributed by atoms with Crippen LogP contribution in [0.15, 0.2) is 48.3 Å². The maximum Gasteiger partial charge on any atom is 0.277 e. The fourth-order valence-corrected chi connectivity index (χ4v) is 4.79. The molecule has 3 heterocycles. The van der Waals surface area contributed by atoms with Crippen molar-refractivity contribution >= 4 is 23.2 Å². The number of pyridine rings is 1. The molecule has 0 spiro atoms. The molecule has 174 valence electrons. The van der Waals surface area contributed by atoms with Gasteiger partial charge in [0.05, 0.1) is 5.57 Å². The molecule has 0 atom stereocenters. The Morgan fingerprint density at radius 2 is 1.64 bits per heavy atom. The van der Waals surface area contributed by atoms with Gasteiger partial charge in [-0.3, -0.25) is 14.5 Å². The lowest BCUT2D eigenvalue weighted by atomic mass is 9.97. The summed E-state index contributed by atoms with van der Waals surface area (Å²) in [6.07, 6.45) is 5.94. The molecule has 0 unspecified atom stereocenters. The van der Waals surface area contributed by atoms with E-state index in [0.29, 0.717) is 30.9 Å². The van der Waals surface area contributed by atoms with Crippen LogP contribution in [0.4, 0.5) is 5.82 Å². The number of imide groups is 1. The van der Waals surface area contributed by atoms with Gasteiger partial charge < -0.3 is 9.80 Å². The van der Waals surface area contributed by atoms with Crippen molar-refractivity contribution in [1.82, 2.24) is 14.8 Å². The summed E-state index contributed by atoms with van der Waals surface area (Å²) in [6.45, 7) is 9.61. The Kier molecular flexibility index (Phi) is 7.11. The molecule has 1 saturated heterocycles. The first-order valence-electron chi connectivity index (χ1n) is 12.1. The van der Waals surface area contributed by atoms with Crippen molar-refractivity contribution in [3.8, 4) is 0 Å². The van der Waals surface area contributed by atoms with E-state index in [4.69, 9.17) is 0 Å². The first kappa shape index (κ1) is 23.0. The third kappa shape index (κ3) is 4.80. The zero-order valence-corrected chi connectivity index (χ0v) is 20.0. The number of nitrogens with zero attached hydrogens (tertiary/aromatic N) is 4. The highest BCUT2D eigenvalue weighted by Gasteiger charge is 2.42. The number of benzene rings is 1. The molecule has 2 amide bonds. The minimum absolute atomic E-state index is 0.141. The third-order valence-corrected chi connectivity index (χ3v) is 6.60. The number of hydrogen-bond acceptors (Lipinski definition) is 5. The van der Waals surface area contributed by atoms with E-state index in [0.717, 1.165) is 61.3 Å². The lowest BCUT2D eigenvalue weighted by Gasteiger charge is -2.37. The van der Waals surface area contributed by atoms with E-state index in [9.17, 15) is 9.59 Å². The van der Waals surface area contributed by atoms with Gasteiger partial charge in [-0.05, 0) is 43.5 Å². The Labute approximate surface area is 196 Å². The van der Waals surface area contributed by atoms with Crippen molar-refractivity contribution in [2.24, 2.45) is 0 Å². The van der Waals surface area contributed by atoms with Crippen molar-refractivity contribution in [2.75, 3.05) is 37.6 Å². The van der Waals surface area contributed by atoms with Gasteiger partial charge in [-0.25, -0.2) is 4.98 Å². The van der Waals surface area contributed by atoms with E-state index in [2.05, 4.69) is 27.8 Å². The van der Waals surface area contributed by atoms with E-state index in [1.807, 2.05) is 44.2 Å². The van der Waals surface area contributed by atoms with E-state index in [-0.39, 0.29) is 11.8 Å². The largest absolute Gasteiger partial charge is 0.363 e. The Morgan fingerprint density at radius 1 is 0.879 bits per heavy atom. The number of piperazine rings is 1. The number of rotatable bonds is 8. The second kappa shape index (κ2) is 10.2. The summed E-state index contributed by atoms with van der Waals surface area (Å²) < 4.78 is 0. The Balaban J connectivity index is 1.61. The molecular formula is C27H34N4O2. The number of hydrogen-bond donors (Lipinski definition) is 0. The summed E-state index contributed by atoms with van der Waals surface area (Å²) >= 11 is 0. The van der Waals surface area contributed by atoms with Crippen LogP contribution in [0.1, 0.15) is 49.3 Å². The number of carbonyl (C=O) groups is 2. The van der Waals surface area contributed by atoms with Gasteiger partial charge in [0, 0.05) is 38.9 Å². The average Bonchev–Trinajstić information content (AvgIpc) is 3.07. The van der Waals surface area contributed by atoms with Crippen molar-refractivity contribution in [2.45, 2.75) is 46.5 Å². The van der Waals surface area contributed by atoms with Gasteiger partial charge in [-0.2, -0.15) is 0 Å². The normalized spacial score (nSPS) is 16.9. The quantitative estimate of drug-likeness (QED) is 0.450. The van der Waals surface area contributed by atoms with Crippen LogP contribution in [0.2, 0.25) is 0 Å². The third-order valence-electron chi connectivity index (χ3n) is 6.60. The topological polar surface area (TPSA) is 56.8 Å². The molecule has 0 saturated carbocycles. The molecule has 0 N–H and O–H groups in total. The summed E-state index contributed by atoms with van der Waals surface area (Å²) in [5.74, 6) is 0.662. The second-order valence-electron chi connectivity index (χ2n) is 9.03. The van der Waals surface area contributed by atoms with Crippen LogP contribution < -0.4 is 4.90 Å². The van der Waals surface area contributed by atoms with Crippen molar-refractivity contribution < 1.29 is 9.59 Å². The second-order valence-corrected chi connectivity index (χ2v) is 9.03. The van der Waals surface area contributed by atoms with Gasteiger partial charge in [-0.1, -0.05) is 56.0 Å². The monoisotopic (exact) mass is 446 g/mol. The standard InChI is InChI=1S/C27H34N4O2/c1-4-5-6-9-14-31-26(32)24(22-12-11-20(2)19-21(22)3)25(27(31)33)30-17-15-29(16-18-30)23-10-7-8-13-28-23/h7-8,10-13,19H,4-6,9,14-18H2,1-3H3. The Bertz CT molecular complexity index is 1040. The minimum atomic E-state index is -0.148. The molecule has 6 nitrogen and oxygen atoms in total. The number of unbranched alkanes of at least 4 members (excludes halogenated alkanes) is 3. The summed E-state index contributed by atoms with van der Waals surface area (Å²) in [4.78, 5) is 37.4. The van der Waals surface area contributed by atoms with E-state index < -0.39 is 0 Å². The number of anilines is 1. The average molecular weight is 447 g/mol. The number of aryl methyl sites for hydroxylation is 2. The SMILES string of the molecule is CCCCCCN1C(=O)C(c2ccc(C)cc2C)=C(N2CCN(c3ccccn3)CC2)C1=O. The molecule has 2 aromatic rings. The lowest BCUT2D eigenvalue weighted by molar-refractivity contribution is -0.137. The maximum atomic E-state index is 13.6. The molecule has 2 aliphatic heterocycles. The van der Waals surface area contributed by atoms with Crippen molar-refractivity contribution in [3.63, 3.8) is 0 Å². The molecule has 1 aromatic carbocycles. The maximum absolute atomic E-state index is 13.6. The Hall–Kier alpha value is -3.15. The molecule has 1 aromatic heterocycles. The molecule has 33 heavy (non-hydrogen) atoms. The molecule has 2 aliphatic rings. The van der Waals surface area contributed by atoms with Crippen LogP contribution in [-0.2, 0) is 9.59 Å². The fraction of sp³-hybridized carbons (Fsp3) is 0.444. The molecule has 0 radical (unpaired) electrons. The summed E-state index contributed by atoms with van der Waals surface area (Å²) in [5, 5.41) is 0. The van der Waals surface area contributed by atoms with Gasteiger partial charge in [-0.15, -0.1) is 0 Å². The molecule has 0 bridgehead atoms. The van der Waals surface area contributed by atoms with Gasteiger partial charge in [0.25, 0.3) is 11.8 Å². The summed E-state index contributed by atoms with van der Waals surface area (Å²) in [7, 11) is 0. The molecule has 6 heteroatoms. The van der Waals surface area contributed by atoms with Crippen molar-refractivity contribution in [1.29, 1.82) is 0 Å². The van der Waals surface area contributed by atoms with Gasteiger partial charge in [0.15, 0.2) is 0 Å². The zero-order valence-electron chi connectivity index (χ0n) is 20.0. The van der Waals surface area contributed by atoms with Crippen LogP contribution in [0.3, 0.4) is 0 Å². The zero-order chi connectivity index (χ0) is 23.4. The summed E-state index contributed by atoms with van der Waals surface area (Å²) in [6, 6.07) is 12.0. The number of aromatic nitrogens is 1. The highest BCUT2D eigenvalue weighted by Crippen LogP contribution is 2.34. The van der Waals surface area contributed by atoms with E-state index in [1.165, 1.54) is 4.90 Å². The van der Waals surface area contributed by atoms with Crippen molar-refractivity contribution in [3.05, 3.63) is 65.0 Å². The van der Waals surface area contributed by atoms with Gasteiger partial charge in [0.1, 0.15) is 11.5 Å². The molecular weight excluding hydrogens is 412 g/mol. The number of carbonyl (C=O) groups excluding carboxylic acids is 2. The van der Waals surface area contributed by atoms with E-state index in [1.54, 1.807) is 6.20 Å². The number of amides is 2. The fourth-order valence-electron chi connectivity index (χ4n) is 4.79. The van der Waals surface area contributed by atoms with Crippen LogP contribution in [0.5, 0.6) is 0 Å². The minimum Gasteiger partial charge on any atom is -0.363 e. The first-order chi connectivity index (χ1) is 16.0. The molecule has 0 aliphatic carbocycles. The van der Waals surface area contributed by atoms with Gasteiger partial charge in [0.2, 0.25) is 0 Å². The highest BCUT2D eigenvalue weighted by atomic mass is 16.2. The summed E-state index contributed by atoms with van der Waals surface area (Å²) in [5.41, 5.74) is 4.19. The van der Waals surface area contributed by atoms with Crippen LogP contribution >= 0.6 is 0 Å². The smallest absolute Gasteiger partial charge is 0.277 e. The lowest BCUT2D eigenvalue weighted by Crippen LogP contribution is -2.48. The molecule has 1 fully saturated rings. The van der Waals surface area contributed by atoms with Gasteiger partial charge >= 0.3 is 0 Å². The van der Waals surface area contributed by atoms with E-state index >= 15 is 0 Å². The first-order valence-corrected chi connectivity index (χ1v) is 12.1. The highest BCUT2D eigenvalue weighted by molar-refractivity contribution is 6.35.